The molecule has 1 aromatic heterocycles. The minimum atomic E-state index is -0.145. The molecular formula is C18H25NO2S. The van der Waals surface area contributed by atoms with Gasteiger partial charge in [-0.3, -0.25) is 0 Å². The summed E-state index contributed by atoms with van der Waals surface area (Å²) in [7, 11) is 0. The molecule has 1 N–H and O–H groups in total. The Bertz CT molecular complexity index is 588. The number of nitrogens with zero attached hydrogens (tertiary/aromatic N) is 1. The molecule has 0 aliphatic carbocycles. The molecule has 0 saturated carbocycles. The van der Waals surface area contributed by atoms with Crippen LogP contribution in [0.5, 0.6) is 0 Å². The summed E-state index contributed by atoms with van der Waals surface area (Å²) in [5.41, 5.74) is 1.35. The van der Waals surface area contributed by atoms with E-state index in [-0.39, 0.29) is 6.10 Å². The normalized spacial score (nSPS) is 22.6. The van der Waals surface area contributed by atoms with E-state index in [1.807, 2.05) is 0 Å². The third kappa shape index (κ3) is 4.07. The van der Waals surface area contributed by atoms with Gasteiger partial charge in [0.15, 0.2) is 0 Å². The SMILES string of the molecule is CC1CN(CCCOCCc2ccc3sccc3c2)C[C@@H]1O. The Morgan fingerprint density at radius 3 is 3.00 bits per heavy atom. The highest BCUT2D eigenvalue weighted by Gasteiger charge is 2.26. The Balaban J connectivity index is 1.30. The van der Waals surface area contributed by atoms with Gasteiger partial charge in [0.2, 0.25) is 0 Å². The Morgan fingerprint density at radius 2 is 2.18 bits per heavy atom. The second-order valence-corrected chi connectivity index (χ2v) is 7.26. The van der Waals surface area contributed by atoms with Gasteiger partial charge in [-0.25, -0.2) is 0 Å². The largest absolute Gasteiger partial charge is 0.391 e. The van der Waals surface area contributed by atoms with Crippen molar-refractivity contribution in [3.63, 3.8) is 0 Å². The molecule has 1 fully saturated rings. The lowest BCUT2D eigenvalue weighted by Gasteiger charge is -2.14. The minimum Gasteiger partial charge on any atom is -0.391 e. The molecule has 4 heteroatoms. The number of thiophene rings is 1. The molecule has 22 heavy (non-hydrogen) atoms. The quantitative estimate of drug-likeness (QED) is 0.796. The molecule has 2 aromatic rings. The summed E-state index contributed by atoms with van der Waals surface area (Å²) in [6, 6.07) is 8.85. The molecule has 3 nitrogen and oxygen atoms in total. The van der Waals surface area contributed by atoms with Gasteiger partial charge in [0.1, 0.15) is 0 Å². The third-order valence-corrected chi connectivity index (χ3v) is 5.36. The number of likely N-dealkylation sites (tertiary alicyclic amines) is 1. The van der Waals surface area contributed by atoms with E-state index < -0.39 is 0 Å². The zero-order valence-electron chi connectivity index (χ0n) is 13.2. The van der Waals surface area contributed by atoms with E-state index in [1.54, 1.807) is 11.3 Å². The smallest absolute Gasteiger partial charge is 0.0704 e. The maximum Gasteiger partial charge on any atom is 0.0704 e. The van der Waals surface area contributed by atoms with E-state index in [0.717, 1.165) is 45.7 Å². The van der Waals surface area contributed by atoms with E-state index >= 15 is 0 Å². The monoisotopic (exact) mass is 319 g/mol. The minimum absolute atomic E-state index is 0.145. The van der Waals surface area contributed by atoms with Crippen molar-refractivity contribution in [3.8, 4) is 0 Å². The predicted octanol–water partition coefficient (Wildman–Crippen LogP) is 3.16. The Kier molecular flexibility index (Phi) is 5.47. The van der Waals surface area contributed by atoms with Gasteiger partial charge in [-0.2, -0.15) is 0 Å². The highest BCUT2D eigenvalue weighted by atomic mass is 32.1. The van der Waals surface area contributed by atoms with Crippen LogP contribution in [0.25, 0.3) is 10.1 Å². The first kappa shape index (κ1) is 15.9. The molecule has 2 atom stereocenters. The predicted molar refractivity (Wildman–Crippen MR) is 92.6 cm³/mol. The van der Waals surface area contributed by atoms with Gasteiger partial charge >= 0.3 is 0 Å². The fraction of sp³-hybridized carbons (Fsp3) is 0.556. The summed E-state index contributed by atoms with van der Waals surface area (Å²) in [6.45, 7) is 6.58. The molecule has 1 aromatic carbocycles. The molecular weight excluding hydrogens is 294 g/mol. The lowest BCUT2D eigenvalue weighted by molar-refractivity contribution is 0.121. The van der Waals surface area contributed by atoms with Crippen LogP contribution in [0.1, 0.15) is 18.9 Å². The number of aliphatic hydroxyl groups excluding tert-OH is 1. The van der Waals surface area contributed by atoms with Crippen LogP contribution in [0.3, 0.4) is 0 Å². The van der Waals surface area contributed by atoms with Crippen molar-refractivity contribution in [3.05, 3.63) is 35.2 Å². The topological polar surface area (TPSA) is 32.7 Å². The van der Waals surface area contributed by atoms with Gasteiger partial charge < -0.3 is 14.7 Å². The van der Waals surface area contributed by atoms with Crippen LogP contribution >= 0.6 is 11.3 Å². The molecule has 0 bridgehead atoms. The Hall–Kier alpha value is -0.940. The summed E-state index contributed by atoms with van der Waals surface area (Å²) in [4.78, 5) is 2.34. The van der Waals surface area contributed by atoms with E-state index in [2.05, 4.69) is 41.5 Å². The van der Waals surface area contributed by atoms with Crippen molar-refractivity contribution in [2.24, 2.45) is 5.92 Å². The van der Waals surface area contributed by atoms with Gasteiger partial charge in [0, 0.05) is 30.9 Å². The number of aliphatic hydroxyl groups is 1. The zero-order chi connectivity index (χ0) is 15.4. The van der Waals surface area contributed by atoms with Gasteiger partial charge in [-0.15, -0.1) is 11.3 Å². The Labute approximate surface area is 136 Å². The number of hydrogen-bond donors (Lipinski definition) is 1. The standard InChI is InChI=1S/C18H25NO2S/c1-14-12-19(13-17(14)20)7-2-8-21-9-5-15-3-4-18-16(11-15)6-10-22-18/h3-4,6,10-11,14,17,20H,2,5,7-9,12-13H2,1H3/t14?,17-/m0/s1. The average Bonchev–Trinajstić information content (AvgIpc) is 3.09. The van der Waals surface area contributed by atoms with E-state index in [1.165, 1.54) is 15.6 Å². The van der Waals surface area contributed by atoms with Crippen molar-refractivity contribution in [2.45, 2.75) is 25.9 Å². The maximum absolute atomic E-state index is 9.72. The summed E-state index contributed by atoms with van der Waals surface area (Å²) in [6.07, 6.45) is 1.88. The number of benzene rings is 1. The number of ether oxygens (including phenoxy) is 1. The van der Waals surface area contributed by atoms with Crippen molar-refractivity contribution < 1.29 is 9.84 Å². The molecule has 1 saturated heterocycles. The molecule has 120 valence electrons. The molecule has 1 unspecified atom stereocenters. The summed E-state index contributed by atoms with van der Waals surface area (Å²) >= 11 is 1.79. The molecule has 2 heterocycles. The van der Waals surface area contributed by atoms with Gasteiger partial charge in [0.05, 0.1) is 12.7 Å². The molecule has 1 aliphatic heterocycles. The van der Waals surface area contributed by atoms with Crippen LogP contribution in [0.2, 0.25) is 0 Å². The van der Waals surface area contributed by atoms with Crippen molar-refractivity contribution in [1.82, 2.24) is 4.90 Å². The van der Waals surface area contributed by atoms with Crippen LogP contribution in [0.15, 0.2) is 29.6 Å². The number of fused-ring (bicyclic) bond motifs is 1. The fourth-order valence-corrected chi connectivity index (χ4v) is 3.86. The maximum atomic E-state index is 9.72. The molecule has 0 radical (unpaired) electrons. The first-order valence-corrected chi connectivity index (χ1v) is 9.04. The van der Waals surface area contributed by atoms with E-state index in [9.17, 15) is 5.11 Å². The average molecular weight is 319 g/mol. The Morgan fingerprint density at radius 1 is 1.27 bits per heavy atom. The number of hydrogen-bond acceptors (Lipinski definition) is 4. The van der Waals surface area contributed by atoms with Gasteiger partial charge in [-0.05, 0) is 47.2 Å². The lowest BCUT2D eigenvalue weighted by atomic mass is 10.1. The zero-order valence-corrected chi connectivity index (χ0v) is 14.0. The summed E-state index contributed by atoms with van der Waals surface area (Å²) in [5.74, 6) is 0.410. The van der Waals surface area contributed by atoms with Gasteiger partial charge in [0.25, 0.3) is 0 Å². The van der Waals surface area contributed by atoms with Crippen LogP contribution in [-0.4, -0.2) is 49.0 Å². The molecule has 3 rings (SSSR count). The van der Waals surface area contributed by atoms with Crippen LogP contribution in [0, 0.1) is 5.92 Å². The second-order valence-electron chi connectivity index (χ2n) is 6.31. The highest BCUT2D eigenvalue weighted by molar-refractivity contribution is 7.17. The lowest BCUT2D eigenvalue weighted by Crippen LogP contribution is -2.24. The summed E-state index contributed by atoms with van der Waals surface area (Å²) < 4.78 is 7.11. The first-order valence-electron chi connectivity index (χ1n) is 8.16. The van der Waals surface area contributed by atoms with E-state index in [4.69, 9.17) is 4.74 Å². The molecule has 0 amide bonds. The molecule has 1 aliphatic rings. The second kappa shape index (κ2) is 7.55. The fourth-order valence-electron chi connectivity index (χ4n) is 3.08. The van der Waals surface area contributed by atoms with E-state index in [0.29, 0.717) is 5.92 Å². The number of β-amino-alcohol motifs (C(OH)–C–C–N with tert-alkyl or cyclic N) is 1. The van der Waals surface area contributed by atoms with Crippen molar-refractivity contribution >= 4 is 21.4 Å². The van der Waals surface area contributed by atoms with Crippen LogP contribution < -0.4 is 0 Å². The number of rotatable bonds is 7. The van der Waals surface area contributed by atoms with Crippen LogP contribution in [0.4, 0.5) is 0 Å². The molecule has 0 spiro atoms. The van der Waals surface area contributed by atoms with Crippen molar-refractivity contribution in [2.75, 3.05) is 32.8 Å². The summed E-state index contributed by atoms with van der Waals surface area (Å²) in [5, 5.41) is 13.2. The van der Waals surface area contributed by atoms with Crippen LogP contribution in [-0.2, 0) is 11.2 Å². The third-order valence-electron chi connectivity index (χ3n) is 4.46. The first-order chi connectivity index (χ1) is 10.7. The highest BCUT2D eigenvalue weighted by Crippen LogP contribution is 2.22. The van der Waals surface area contributed by atoms with Crippen molar-refractivity contribution in [1.29, 1.82) is 0 Å². The van der Waals surface area contributed by atoms with Gasteiger partial charge in [-0.1, -0.05) is 19.1 Å².